The van der Waals surface area contributed by atoms with Crippen LogP contribution in [-0.2, 0) is 0 Å². The van der Waals surface area contributed by atoms with Crippen LogP contribution < -0.4 is 5.32 Å². The van der Waals surface area contributed by atoms with Crippen molar-refractivity contribution in [3.05, 3.63) is 70.0 Å². The Morgan fingerprint density at radius 1 is 1.19 bits per heavy atom. The van der Waals surface area contributed by atoms with Crippen LogP contribution in [0.5, 0.6) is 0 Å². The fraction of sp³-hybridized carbons (Fsp3) is 0.240. The molecule has 6 rings (SSSR count). The monoisotopic (exact) mass is 521 g/mol. The van der Waals surface area contributed by atoms with Crippen molar-refractivity contribution in [1.29, 1.82) is 0 Å². The Bertz CT molecular complexity index is 1550. The van der Waals surface area contributed by atoms with Gasteiger partial charge in [0.25, 0.3) is 5.91 Å². The first kappa shape index (κ1) is 22.8. The lowest BCUT2D eigenvalue weighted by Crippen LogP contribution is -2.38. The van der Waals surface area contributed by atoms with Gasteiger partial charge in [0.05, 0.1) is 32.3 Å². The third kappa shape index (κ3) is 4.27. The number of imidazole rings is 1. The molecule has 182 valence electrons. The van der Waals surface area contributed by atoms with E-state index in [4.69, 9.17) is 16.6 Å². The van der Waals surface area contributed by atoms with Crippen LogP contribution in [0.4, 0.5) is 4.39 Å². The van der Waals surface area contributed by atoms with Gasteiger partial charge in [-0.15, -0.1) is 11.3 Å². The Labute approximate surface area is 214 Å². The van der Waals surface area contributed by atoms with Gasteiger partial charge in [-0.05, 0) is 62.1 Å². The van der Waals surface area contributed by atoms with Crippen LogP contribution in [-0.4, -0.2) is 41.7 Å². The van der Waals surface area contributed by atoms with Gasteiger partial charge in [0.2, 0.25) is 0 Å². The molecule has 2 N–H and O–H groups in total. The predicted octanol–water partition coefficient (Wildman–Crippen LogP) is 5.65. The molecule has 0 unspecified atom stereocenters. The number of nitrogens with one attached hydrogen (secondary N) is 2. The van der Waals surface area contributed by atoms with E-state index >= 15 is 0 Å². The van der Waals surface area contributed by atoms with Crippen LogP contribution >= 0.6 is 22.9 Å². The molecule has 1 fully saturated rings. The smallest absolute Gasteiger partial charge is 0.261 e. The number of carbonyl (C=O) groups excluding carboxylic acids is 1. The summed E-state index contributed by atoms with van der Waals surface area (Å²) in [6.45, 7) is 0. The molecular formula is C25H21ClFN7OS. The number of hydrogen-bond donors (Lipinski definition) is 2. The first-order valence-corrected chi connectivity index (χ1v) is 12.8. The number of halogens is 2. The summed E-state index contributed by atoms with van der Waals surface area (Å²) in [6, 6.07) is 10.1. The topological polar surface area (TPSA) is 101 Å². The zero-order valence-electron chi connectivity index (χ0n) is 19.0. The van der Waals surface area contributed by atoms with Crippen LogP contribution in [0.15, 0.2) is 55.0 Å². The van der Waals surface area contributed by atoms with Crippen molar-refractivity contribution in [2.75, 3.05) is 0 Å². The van der Waals surface area contributed by atoms with Crippen molar-refractivity contribution < 1.29 is 9.18 Å². The SMILES string of the molecule is O=C(N[C@H]1CCC[C@@H](n2c(-c3ncccc3F)nc3cnc(-c4ccn[nH]4)cc32)C1)c1ccc(Cl)s1. The van der Waals surface area contributed by atoms with Crippen LogP contribution in [0.3, 0.4) is 0 Å². The molecule has 5 heterocycles. The average molecular weight is 522 g/mol. The lowest BCUT2D eigenvalue weighted by atomic mass is 9.90. The maximum Gasteiger partial charge on any atom is 0.261 e. The molecule has 36 heavy (non-hydrogen) atoms. The van der Waals surface area contributed by atoms with Crippen molar-refractivity contribution in [1.82, 2.24) is 35.0 Å². The fourth-order valence-corrected chi connectivity index (χ4v) is 5.80. The van der Waals surface area contributed by atoms with Crippen LogP contribution in [0, 0.1) is 5.82 Å². The number of hydrogen-bond acceptors (Lipinski definition) is 6. The van der Waals surface area contributed by atoms with Crippen LogP contribution in [0.2, 0.25) is 4.34 Å². The number of rotatable bonds is 5. The van der Waals surface area contributed by atoms with Gasteiger partial charge in [-0.25, -0.2) is 14.4 Å². The summed E-state index contributed by atoms with van der Waals surface area (Å²) in [5.41, 5.74) is 3.16. The van der Waals surface area contributed by atoms with E-state index in [2.05, 4.69) is 30.0 Å². The highest BCUT2D eigenvalue weighted by molar-refractivity contribution is 7.18. The summed E-state index contributed by atoms with van der Waals surface area (Å²) in [5, 5.41) is 10.1. The normalized spacial score (nSPS) is 17.9. The number of carbonyl (C=O) groups is 1. The first-order valence-electron chi connectivity index (χ1n) is 11.6. The summed E-state index contributed by atoms with van der Waals surface area (Å²) >= 11 is 7.27. The van der Waals surface area contributed by atoms with Gasteiger partial charge >= 0.3 is 0 Å². The summed E-state index contributed by atoms with van der Waals surface area (Å²) < 4.78 is 17.5. The van der Waals surface area contributed by atoms with Crippen LogP contribution in [0.25, 0.3) is 33.9 Å². The van der Waals surface area contributed by atoms with Gasteiger partial charge in [-0.3, -0.25) is 14.9 Å². The lowest BCUT2D eigenvalue weighted by molar-refractivity contribution is 0.0925. The van der Waals surface area contributed by atoms with E-state index in [1.165, 1.54) is 17.4 Å². The molecule has 1 saturated carbocycles. The molecule has 8 nitrogen and oxygen atoms in total. The molecule has 0 bridgehead atoms. The second kappa shape index (κ2) is 9.44. The molecule has 0 aliphatic heterocycles. The second-order valence-electron chi connectivity index (χ2n) is 8.76. The van der Waals surface area contributed by atoms with E-state index in [0.29, 0.717) is 32.7 Å². The highest BCUT2D eigenvalue weighted by atomic mass is 35.5. The van der Waals surface area contributed by atoms with E-state index in [0.717, 1.165) is 30.5 Å². The van der Waals surface area contributed by atoms with E-state index < -0.39 is 5.82 Å². The largest absolute Gasteiger partial charge is 0.349 e. The van der Waals surface area contributed by atoms with Gasteiger partial charge in [0.15, 0.2) is 11.6 Å². The third-order valence-corrected chi connectivity index (χ3v) is 7.70. The lowest BCUT2D eigenvalue weighted by Gasteiger charge is -2.32. The van der Waals surface area contributed by atoms with Crippen LogP contribution in [0.1, 0.15) is 41.4 Å². The molecule has 5 aromatic heterocycles. The van der Waals surface area contributed by atoms with Gasteiger partial charge in [-0.2, -0.15) is 5.10 Å². The Morgan fingerprint density at radius 3 is 2.89 bits per heavy atom. The second-order valence-corrected chi connectivity index (χ2v) is 10.5. The molecular weight excluding hydrogens is 501 g/mol. The quantitative estimate of drug-likeness (QED) is 0.311. The zero-order valence-corrected chi connectivity index (χ0v) is 20.6. The molecule has 0 spiro atoms. The third-order valence-electron chi connectivity index (χ3n) is 6.47. The molecule has 1 aliphatic rings. The van der Waals surface area contributed by atoms with Crippen molar-refractivity contribution in [2.45, 2.75) is 37.8 Å². The molecule has 1 amide bonds. The summed E-state index contributed by atoms with van der Waals surface area (Å²) in [4.78, 5) is 27.0. The average Bonchev–Trinajstić information content (AvgIpc) is 3.64. The molecule has 0 radical (unpaired) electrons. The summed E-state index contributed by atoms with van der Waals surface area (Å²) in [5.74, 6) is -0.116. The maximum absolute atomic E-state index is 14.9. The fourth-order valence-electron chi connectivity index (χ4n) is 4.85. The Balaban J connectivity index is 1.40. The summed E-state index contributed by atoms with van der Waals surface area (Å²) in [6.07, 6.45) is 8.24. The number of thiophene rings is 1. The highest BCUT2D eigenvalue weighted by Gasteiger charge is 2.30. The first-order chi connectivity index (χ1) is 17.6. The van der Waals surface area contributed by atoms with Gasteiger partial charge in [0.1, 0.15) is 11.2 Å². The molecule has 5 aromatic rings. The molecule has 0 aromatic carbocycles. The summed E-state index contributed by atoms with van der Waals surface area (Å²) in [7, 11) is 0. The number of H-pyrrole nitrogens is 1. The number of aromatic amines is 1. The predicted molar refractivity (Wildman–Crippen MR) is 136 cm³/mol. The minimum absolute atomic E-state index is 0.0191. The number of aromatic nitrogens is 6. The molecule has 1 aliphatic carbocycles. The molecule has 11 heteroatoms. The van der Waals surface area contributed by atoms with Gasteiger partial charge in [-0.1, -0.05) is 11.6 Å². The number of amides is 1. The number of fused-ring (bicyclic) bond motifs is 1. The van der Waals surface area contributed by atoms with Gasteiger partial charge < -0.3 is 9.88 Å². The van der Waals surface area contributed by atoms with E-state index in [9.17, 15) is 9.18 Å². The molecule has 2 atom stereocenters. The minimum Gasteiger partial charge on any atom is -0.349 e. The Kier molecular flexibility index (Phi) is 5.98. The number of pyridine rings is 2. The Hall–Kier alpha value is -3.63. The van der Waals surface area contributed by atoms with E-state index in [1.54, 1.807) is 36.8 Å². The highest BCUT2D eigenvalue weighted by Crippen LogP contribution is 2.37. The van der Waals surface area contributed by atoms with E-state index in [-0.39, 0.29) is 23.7 Å². The zero-order chi connectivity index (χ0) is 24.6. The van der Waals surface area contributed by atoms with Crippen molar-refractivity contribution in [2.24, 2.45) is 0 Å². The minimum atomic E-state index is -0.439. The van der Waals surface area contributed by atoms with Gasteiger partial charge in [0, 0.05) is 24.5 Å². The maximum atomic E-state index is 14.9. The van der Waals surface area contributed by atoms with Crippen molar-refractivity contribution >= 4 is 39.9 Å². The molecule has 0 saturated heterocycles. The Morgan fingerprint density at radius 2 is 2.11 bits per heavy atom. The number of nitrogens with zero attached hydrogens (tertiary/aromatic N) is 5. The van der Waals surface area contributed by atoms with Crippen molar-refractivity contribution in [3.8, 4) is 22.9 Å². The van der Waals surface area contributed by atoms with E-state index in [1.807, 2.05) is 12.1 Å². The standard InChI is InChI=1S/C25H21ClFN7OS/c26-22-7-6-21(36-22)25(35)31-14-3-1-4-15(11-14)34-20-12-18(17-8-10-30-33-17)29-13-19(20)32-24(34)23-16(27)5-2-9-28-23/h2,5-10,12-15H,1,3-4,11H2,(H,30,33)(H,31,35)/t14-,15+/m0/s1. The van der Waals surface area contributed by atoms with Crippen molar-refractivity contribution in [3.63, 3.8) is 0 Å².